The van der Waals surface area contributed by atoms with Crippen LogP contribution >= 0.6 is 12.9 Å². The van der Waals surface area contributed by atoms with Gasteiger partial charge in [-0.05, 0) is 75.9 Å². The number of hydrogen-bond acceptors (Lipinski definition) is 8. The van der Waals surface area contributed by atoms with Gasteiger partial charge in [-0.1, -0.05) is 48.0 Å². The molecule has 0 aliphatic heterocycles. The van der Waals surface area contributed by atoms with Crippen molar-refractivity contribution in [3.05, 3.63) is 11.6 Å². The average molecular weight is 519 g/mol. The molecule has 0 aromatic carbocycles. The summed E-state index contributed by atoms with van der Waals surface area (Å²) < 4.78 is 9.40. The summed E-state index contributed by atoms with van der Waals surface area (Å²) in [4.78, 5) is 39.3. The van der Waals surface area contributed by atoms with E-state index in [-0.39, 0.29) is 11.9 Å². The molecular weight excluding hydrogens is 468 g/mol. The summed E-state index contributed by atoms with van der Waals surface area (Å²) >= 11 is 3.49. The van der Waals surface area contributed by atoms with Gasteiger partial charge in [0.2, 0.25) is 0 Å². The summed E-state index contributed by atoms with van der Waals surface area (Å²) in [6.07, 6.45) is 5.21. The standard InChI is InChI=1S/C20H34O5.C7H16O2S/c1-7-19(25-20(24)16(6)12-21)18(23)11-15(5)17(22)9-8-14(4)10-13(2)3;1-4-6(2)5-7(3)8-9-10/h11-14,16,18-19,23H,7-10H2,1-6H3;6-7,10H,4-5H2,1-3H3/b15-11+;. The van der Waals surface area contributed by atoms with Gasteiger partial charge in [0.05, 0.1) is 6.10 Å². The number of carbonyl (C=O) groups is 3. The van der Waals surface area contributed by atoms with E-state index in [4.69, 9.17) is 9.62 Å². The normalized spacial score (nSPS) is 16.9. The van der Waals surface area contributed by atoms with Crippen LogP contribution in [0.25, 0.3) is 0 Å². The first kappa shape index (κ1) is 35.9. The highest BCUT2D eigenvalue weighted by Crippen LogP contribution is 2.18. The van der Waals surface area contributed by atoms with Gasteiger partial charge in [-0.3, -0.25) is 9.59 Å². The Morgan fingerprint density at radius 3 is 2.03 bits per heavy atom. The number of thiol groups is 1. The molecule has 0 bridgehead atoms. The number of ketones is 1. The Bertz CT molecular complexity index is 621. The monoisotopic (exact) mass is 518 g/mol. The molecule has 0 aromatic rings. The van der Waals surface area contributed by atoms with Gasteiger partial charge in [0.15, 0.2) is 5.78 Å². The van der Waals surface area contributed by atoms with Crippen LogP contribution < -0.4 is 0 Å². The molecule has 7 nitrogen and oxygen atoms in total. The first-order valence-corrected chi connectivity index (χ1v) is 13.2. The number of esters is 1. The third-order valence-corrected chi connectivity index (χ3v) is 5.95. The first-order chi connectivity index (χ1) is 16.3. The van der Waals surface area contributed by atoms with Crippen molar-refractivity contribution in [2.45, 2.75) is 119 Å². The quantitative estimate of drug-likeness (QED) is 0.0351. The predicted octanol–water partition coefficient (Wildman–Crippen LogP) is 6.09. The van der Waals surface area contributed by atoms with Crippen LogP contribution in [0.3, 0.4) is 0 Å². The van der Waals surface area contributed by atoms with Crippen LogP contribution in [0, 0.1) is 23.7 Å². The lowest BCUT2D eigenvalue weighted by Crippen LogP contribution is -2.32. The number of aldehydes is 1. The van der Waals surface area contributed by atoms with E-state index in [1.54, 1.807) is 13.8 Å². The molecule has 0 amide bonds. The van der Waals surface area contributed by atoms with Crippen LogP contribution in [0.1, 0.15) is 101 Å². The SMILES string of the molecule is CCC(C)CC(C)OOS.CCC(OC(=O)C(C)C=O)C(O)/C=C(\C)C(=O)CCC(C)CC(C)C. The molecule has 0 radical (unpaired) electrons. The first-order valence-electron chi connectivity index (χ1n) is 12.8. The summed E-state index contributed by atoms with van der Waals surface area (Å²) in [7, 11) is 0. The molecular formula is C27H50O7S. The zero-order valence-electron chi connectivity index (χ0n) is 23.3. The fraction of sp³-hybridized carbons (Fsp3) is 0.815. The van der Waals surface area contributed by atoms with Crippen molar-refractivity contribution in [1.82, 2.24) is 0 Å². The van der Waals surface area contributed by atoms with Gasteiger partial charge < -0.3 is 14.6 Å². The maximum absolute atomic E-state index is 12.2. The molecule has 206 valence electrons. The maximum atomic E-state index is 12.2. The van der Waals surface area contributed by atoms with Crippen molar-refractivity contribution >= 4 is 30.9 Å². The molecule has 0 saturated heterocycles. The Labute approximate surface area is 218 Å². The fourth-order valence-corrected chi connectivity index (χ4v) is 3.65. The fourth-order valence-electron chi connectivity index (χ4n) is 3.51. The van der Waals surface area contributed by atoms with Crippen LogP contribution in [0.5, 0.6) is 0 Å². The molecule has 35 heavy (non-hydrogen) atoms. The number of rotatable bonds is 17. The highest BCUT2D eigenvalue weighted by atomic mass is 32.1. The molecule has 6 atom stereocenters. The molecule has 0 heterocycles. The van der Waals surface area contributed by atoms with Crippen molar-refractivity contribution in [3.63, 3.8) is 0 Å². The second kappa shape index (κ2) is 20.9. The summed E-state index contributed by atoms with van der Waals surface area (Å²) in [6.45, 7) is 17.7. The van der Waals surface area contributed by atoms with E-state index in [0.717, 1.165) is 19.3 Å². The number of allylic oxidation sites excluding steroid dienone is 1. The molecule has 8 heteroatoms. The number of ether oxygens (including phenoxy) is 1. The van der Waals surface area contributed by atoms with Gasteiger partial charge >= 0.3 is 5.97 Å². The maximum Gasteiger partial charge on any atom is 0.316 e. The molecule has 0 aromatic heterocycles. The van der Waals surface area contributed by atoms with Gasteiger partial charge in [-0.25, -0.2) is 4.89 Å². The number of hydrogen-bond donors (Lipinski definition) is 2. The second-order valence-corrected chi connectivity index (χ2v) is 10.2. The lowest BCUT2D eigenvalue weighted by molar-refractivity contribution is -0.227. The van der Waals surface area contributed by atoms with Gasteiger partial charge in [-0.2, -0.15) is 4.33 Å². The number of aliphatic hydroxyl groups is 1. The lowest BCUT2D eigenvalue weighted by atomic mass is 9.92. The lowest BCUT2D eigenvalue weighted by Gasteiger charge is -2.21. The van der Waals surface area contributed by atoms with Gasteiger partial charge in [-0.15, -0.1) is 0 Å². The zero-order valence-corrected chi connectivity index (χ0v) is 24.2. The summed E-state index contributed by atoms with van der Waals surface area (Å²) in [6, 6.07) is 0. The van der Waals surface area contributed by atoms with Crippen molar-refractivity contribution in [2.24, 2.45) is 23.7 Å². The topological polar surface area (TPSA) is 99.1 Å². The Balaban J connectivity index is 0. The van der Waals surface area contributed by atoms with E-state index in [2.05, 4.69) is 51.9 Å². The van der Waals surface area contributed by atoms with E-state index >= 15 is 0 Å². The third-order valence-electron chi connectivity index (χ3n) is 5.86. The van der Waals surface area contributed by atoms with Gasteiger partial charge in [0.1, 0.15) is 24.4 Å². The zero-order chi connectivity index (χ0) is 27.6. The highest BCUT2D eigenvalue weighted by molar-refractivity contribution is 7.74. The summed E-state index contributed by atoms with van der Waals surface area (Å²) in [5, 5.41) is 10.2. The second-order valence-electron chi connectivity index (χ2n) is 10.1. The van der Waals surface area contributed by atoms with E-state index < -0.39 is 24.1 Å². The molecule has 0 saturated carbocycles. The van der Waals surface area contributed by atoms with Crippen LogP contribution in [0.15, 0.2) is 11.6 Å². The third kappa shape index (κ3) is 18.7. The number of aliphatic hydroxyl groups excluding tert-OH is 1. The van der Waals surface area contributed by atoms with Crippen molar-refractivity contribution < 1.29 is 33.4 Å². The molecule has 0 fully saturated rings. The smallest absolute Gasteiger partial charge is 0.316 e. The van der Waals surface area contributed by atoms with Crippen molar-refractivity contribution in [2.75, 3.05) is 0 Å². The Morgan fingerprint density at radius 2 is 1.57 bits per heavy atom. The predicted molar refractivity (Wildman–Crippen MR) is 143 cm³/mol. The number of carbonyl (C=O) groups excluding carboxylic acids is 3. The van der Waals surface area contributed by atoms with Crippen molar-refractivity contribution in [3.8, 4) is 0 Å². The Kier molecular flexibility index (Phi) is 21.5. The van der Waals surface area contributed by atoms with Gasteiger partial charge in [0.25, 0.3) is 0 Å². The average Bonchev–Trinajstić information content (AvgIpc) is 2.79. The van der Waals surface area contributed by atoms with E-state index in [0.29, 0.717) is 42.5 Å². The molecule has 0 spiro atoms. The minimum Gasteiger partial charge on any atom is -0.459 e. The molecule has 0 aliphatic rings. The Morgan fingerprint density at radius 1 is 0.971 bits per heavy atom. The molecule has 0 aliphatic carbocycles. The van der Waals surface area contributed by atoms with Gasteiger partial charge in [0, 0.05) is 19.3 Å². The summed E-state index contributed by atoms with van der Waals surface area (Å²) in [5.74, 6) is 0.250. The van der Waals surface area contributed by atoms with Crippen LogP contribution in [-0.2, 0) is 28.3 Å². The van der Waals surface area contributed by atoms with E-state index in [9.17, 15) is 19.5 Å². The van der Waals surface area contributed by atoms with Crippen LogP contribution in [0.2, 0.25) is 0 Å². The van der Waals surface area contributed by atoms with Crippen LogP contribution in [0.4, 0.5) is 0 Å². The van der Waals surface area contributed by atoms with Crippen LogP contribution in [-0.4, -0.2) is 41.5 Å². The minimum atomic E-state index is -1.06. The minimum absolute atomic E-state index is 0.00269. The van der Waals surface area contributed by atoms with Crippen molar-refractivity contribution in [1.29, 1.82) is 0 Å². The summed E-state index contributed by atoms with van der Waals surface area (Å²) in [5.41, 5.74) is 0.474. The van der Waals surface area contributed by atoms with E-state index in [1.807, 2.05) is 6.92 Å². The molecule has 0 rings (SSSR count). The number of Topliss-reactive ketones (excluding diaryl/α,β-unsaturated/α-hetero) is 1. The largest absolute Gasteiger partial charge is 0.459 e. The Hall–Kier alpha value is -1.22. The van der Waals surface area contributed by atoms with E-state index in [1.165, 1.54) is 19.4 Å². The highest BCUT2D eigenvalue weighted by Gasteiger charge is 2.24. The molecule has 6 unspecified atom stereocenters. The molecule has 1 N–H and O–H groups in total.